The van der Waals surface area contributed by atoms with Gasteiger partial charge in [0.25, 0.3) is 0 Å². The van der Waals surface area contributed by atoms with Crippen molar-refractivity contribution in [1.29, 1.82) is 0 Å². The normalized spacial score (nSPS) is 13.0. The fourth-order valence-corrected chi connectivity index (χ4v) is 6.25. The molecule has 190 valence electrons. The zero-order chi connectivity index (χ0) is 26.5. The number of nitrogens with zero attached hydrogens (tertiary/aromatic N) is 5. The minimum atomic E-state index is -3.77. The number of pyridine rings is 2. The molecule has 3 aromatic heterocycles. The summed E-state index contributed by atoms with van der Waals surface area (Å²) in [6.45, 7) is 5.93. The quantitative estimate of drug-likeness (QED) is 0.326. The second kappa shape index (κ2) is 8.97. The van der Waals surface area contributed by atoms with Crippen molar-refractivity contribution in [2.24, 2.45) is 0 Å². The maximum atomic E-state index is 13.0. The second-order valence-electron chi connectivity index (χ2n) is 10.3. The van der Waals surface area contributed by atoms with Crippen molar-refractivity contribution in [3.8, 4) is 22.4 Å². The summed E-state index contributed by atoms with van der Waals surface area (Å²) >= 11 is 0. The zero-order valence-corrected chi connectivity index (χ0v) is 22.1. The van der Waals surface area contributed by atoms with Crippen molar-refractivity contribution in [2.75, 3.05) is 4.90 Å². The molecule has 0 atom stereocenters. The van der Waals surface area contributed by atoms with Gasteiger partial charge in [-0.25, -0.2) is 13.1 Å². The fourth-order valence-electron chi connectivity index (χ4n) is 4.84. The maximum Gasteiger partial charge on any atom is 0.242 e. The fraction of sp³-hybridized carbons (Fsp3) is 0.172. The van der Waals surface area contributed by atoms with Crippen molar-refractivity contribution in [3.63, 3.8) is 0 Å². The lowest BCUT2D eigenvalue weighted by molar-refractivity contribution is 0.491. The van der Waals surface area contributed by atoms with Crippen LogP contribution in [0.1, 0.15) is 26.5 Å². The highest BCUT2D eigenvalue weighted by atomic mass is 32.2. The molecule has 0 amide bonds. The Morgan fingerprint density at radius 2 is 1.68 bits per heavy atom. The number of hydrogen-bond acceptors (Lipinski definition) is 7. The minimum absolute atomic E-state index is 0.0781. The van der Waals surface area contributed by atoms with Crippen molar-refractivity contribution in [3.05, 3.63) is 91.0 Å². The van der Waals surface area contributed by atoms with E-state index in [1.54, 1.807) is 39.2 Å². The minimum Gasteiger partial charge on any atom is -0.318 e. The number of benzene rings is 2. The van der Waals surface area contributed by atoms with Gasteiger partial charge < -0.3 is 4.90 Å². The molecule has 0 aliphatic carbocycles. The van der Waals surface area contributed by atoms with Crippen molar-refractivity contribution in [2.45, 2.75) is 37.8 Å². The first-order valence-corrected chi connectivity index (χ1v) is 13.8. The first kappa shape index (κ1) is 24.1. The Balaban J connectivity index is 1.54. The van der Waals surface area contributed by atoms with Crippen LogP contribution < -0.4 is 9.62 Å². The summed E-state index contributed by atoms with van der Waals surface area (Å²) in [5, 5.41) is 11.1. The molecule has 5 aromatic rings. The van der Waals surface area contributed by atoms with Crippen LogP contribution in [-0.2, 0) is 16.6 Å². The second-order valence-corrected chi connectivity index (χ2v) is 12.0. The smallest absolute Gasteiger partial charge is 0.242 e. The molecule has 8 nitrogen and oxygen atoms in total. The predicted molar refractivity (Wildman–Crippen MR) is 148 cm³/mol. The van der Waals surface area contributed by atoms with Crippen LogP contribution in [0, 0.1) is 0 Å². The molecule has 4 heterocycles. The topological polar surface area (TPSA) is 101 Å². The molecule has 1 aliphatic rings. The van der Waals surface area contributed by atoms with E-state index in [0.29, 0.717) is 17.8 Å². The number of anilines is 2. The summed E-state index contributed by atoms with van der Waals surface area (Å²) < 4.78 is 28.7. The van der Waals surface area contributed by atoms with Crippen molar-refractivity contribution >= 4 is 32.3 Å². The highest BCUT2D eigenvalue weighted by molar-refractivity contribution is 7.89. The van der Waals surface area contributed by atoms with Gasteiger partial charge in [-0.05, 0) is 50.6 Å². The van der Waals surface area contributed by atoms with Crippen LogP contribution in [0.4, 0.5) is 11.5 Å². The first-order valence-electron chi connectivity index (χ1n) is 12.3. The molecule has 1 aliphatic heterocycles. The van der Waals surface area contributed by atoms with Crippen LogP contribution >= 0.6 is 0 Å². The lowest BCUT2D eigenvalue weighted by Gasteiger charge is -2.32. The van der Waals surface area contributed by atoms with Gasteiger partial charge in [-0.1, -0.05) is 42.5 Å². The van der Waals surface area contributed by atoms with Gasteiger partial charge in [0.05, 0.1) is 17.9 Å². The Hall–Kier alpha value is -4.21. The highest BCUT2D eigenvalue weighted by Crippen LogP contribution is 2.48. The van der Waals surface area contributed by atoms with Gasteiger partial charge in [0.2, 0.25) is 10.0 Å². The molecule has 0 bridgehead atoms. The Morgan fingerprint density at radius 1 is 0.895 bits per heavy atom. The summed E-state index contributed by atoms with van der Waals surface area (Å²) in [6.07, 6.45) is 4.75. The van der Waals surface area contributed by atoms with Gasteiger partial charge in [0, 0.05) is 46.0 Å². The third-order valence-electron chi connectivity index (χ3n) is 6.31. The summed E-state index contributed by atoms with van der Waals surface area (Å²) in [7, 11) is -3.77. The number of para-hydroxylation sites is 1. The van der Waals surface area contributed by atoms with E-state index in [1.807, 2.05) is 42.5 Å². The monoisotopic (exact) mass is 522 g/mol. The SMILES string of the molecule is CC(C)(C)NS(=O)(=O)c1cncc(-c2nnc3c4c(cccc24)-c2ccccc2N3Cc2ccccn2)c1. The van der Waals surface area contributed by atoms with Gasteiger partial charge in [0.1, 0.15) is 10.6 Å². The molecule has 2 aromatic carbocycles. The van der Waals surface area contributed by atoms with E-state index in [9.17, 15) is 8.42 Å². The molecule has 0 saturated heterocycles. The summed E-state index contributed by atoms with van der Waals surface area (Å²) in [5.74, 6) is 0.731. The van der Waals surface area contributed by atoms with E-state index in [4.69, 9.17) is 5.10 Å². The van der Waals surface area contributed by atoms with Gasteiger partial charge in [-0.2, -0.15) is 0 Å². The molecule has 1 N–H and O–H groups in total. The van der Waals surface area contributed by atoms with Crippen LogP contribution in [-0.4, -0.2) is 34.1 Å². The molecule has 0 spiro atoms. The zero-order valence-electron chi connectivity index (χ0n) is 21.3. The third-order valence-corrected chi connectivity index (χ3v) is 8.04. The van der Waals surface area contributed by atoms with Gasteiger partial charge in [-0.15, -0.1) is 10.2 Å². The van der Waals surface area contributed by atoms with E-state index >= 15 is 0 Å². The molecule has 0 radical (unpaired) electrons. The van der Waals surface area contributed by atoms with E-state index < -0.39 is 15.6 Å². The van der Waals surface area contributed by atoms with Crippen molar-refractivity contribution in [1.82, 2.24) is 24.9 Å². The average molecular weight is 523 g/mol. The Kier molecular flexibility index (Phi) is 5.70. The molecule has 0 unspecified atom stereocenters. The molecular weight excluding hydrogens is 496 g/mol. The largest absolute Gasteiger partial charge is 0.318 e. The van der Waals surface area contributed by atoms with E-state index in [1.165, 1.54) is 6.20 Å². The summed E-state index contributed by atoms with van der Waals surface area (Å²) in [5.41, 5.74) is 4.60. The van der Waals surface area contributed by atoms with Crippen LogP contribution in [0.25, 0.3) is 33.2 Å². The van der Waals surface area contributed by atoms with Gasteiger partial charge >= 0.3 is 0 Å². The van der Waals surface area contributed by atoms with Crippen LogP contribution in [0.3, 0.4) is 0 Å². The van der Waals surface area contributed by atoms with Crippen LogP contribution in [0.15, 0.2) is 90.2 Å². The van der Waals surface area contributed by atoms with E-state index in [2.05, 4.69) is 42.9 Å². The van der Waals surface area contributed by atoms with Crippen molar-refractivity contribution < 1.29 is 8.42 Å². The molecular formula is C29H26N6O2S. The third kappa shape index (κ3) is 4.29. The van der Waals surface area contributed by atoms with Crippen LogP contribution in [0.5, 0.6) is 0 Å². The number of hydrogen-bond donors (Lipinski definition) is 1. The molecule has 9 heteroatoms. The summed E-state index contributed by atoms with van der Waals surface area (Å²) in [6, 6.07) is 21.8. The number of nitrogens with one attached hydrogen (secondary N) is 1. The molecule has 0 fully saturated rings. The number of aromatic nitrogens is 4. The molecule has 38 heavy (non-hydrogen) atoms. The molecule has 6 rings (SSSR count). The first-order chi connectivity index (χ1) is 18.2. The lowest BCUT2D eigenvalue weighted by atomic mass is 9.92. The number of fused-ring (bicyclic) bond motifs is 2. The molecule has 0 saturated carbocycles. The Labute approximate surface area is 221 Å². The standard InChI is InChI=1S/C29H26N6O2S/c1-29(2,3)34-38(36,37)21-15-19(16-30-17-21)27-24-12-8-11-23-22-10-4-5-13-25(22)35(28(26(23)24)33-32-27)18-20-9-6-7-14-31-20/h4-17,34H,18H2,1-3H3. The van der Waals surface area contributed by atoms with Crippen LogP contribution in [0.2, 0.25) is 0 Å². The summed E-state index contributed by atoms with van der Waals surface area (Å²) in [4.78, 5) is 11.0. The Bertz CT molecular complexity index is 1780. The number of rotatable bonds is 5. The Morgan fingerprint density at radius 3 is 2.47 bits per heavy atom. The maximum absolute atomic E-state index is 13.0. The van der Waals surface area contributed by atoms with Gasteiger partial charge in [-0.3, -0.25) is 9.97 Å². The predicted octanol–water partition coefficient (Wildman–Crippen LogP) is 5.48. The van der Waals surface area contributed by atoms with E-state index in [-0.39, 0.29) is 4.90 Å². The number of sulfonamides is 1. The van der Waals surface area contributed by atoms with E-state index in [0.717, 1.165) is 39.1 Å². The average Bonchev–Trinajstić information content (AvgIpc) is 2.90. The highest BCUT2D eigenvalue weighted by Gasteiger charge is 2.29. The van der Waals surface area contributed by atoms with Gasteiger partial charge in [0.15, 0.2) is 5.82 Å². The lowest BCUT2D eigenvalue weighted by Crippen LogP contribution is -2.40.